The van der Waals surface area contributed by atoms with E-state index < -0.39 is 0 Å². The third-order valence-corrected chi connectivity index (χ3v) is 3.46. The standard InChI is InChI=1S/C14H12N4OS/c1-10(20-14-16-7-2-8-17-14)13(19)18-12-5-3-11(9-15)4-6-12/h2-8,10H,1H3,(H,18,19)/t10-/m1/s1. The summed E-state index contributed by atoms with van der Waals surface area (Å²) in [5.74, 6) is -0.132. The Bertz CT molecular complexity index is 622. The molecule has 0 saturated carbocycles. The highest BCUT2D eigenvalue weighted by Crippen LogP contribution is 2.20. The van der Waals surface area contributed by atoms with Gasteiger partial charge in [0, 0.05) is 18.1 Å². The van der Waals surface area contributed by atoms with Crippen molar-refractivity contribution in [2.75, 3.05) is 5.32 Å². The van der Waals surface area contributed by atoms with Crippen LogP contribution in [-0.4, -0.2) is 21.1 Å². The highest BCUT2D eigenvalue weighted by atomic mass is 32.2. The van der Waals surface area contributed by atoms with Gasteiger partial charge in [-0.15, -0.1) is 0 Å². The van der Waals surface area contributed by atoms with Gasteiger partial charge in [-0.2, -0.15) is 5.26 Å². The van der Waals surface area contributed by atoms with Crippen LogP contribution in [0.3, 0.4) is 0 Å². The number of rotatable bonds is 4. The Morgan fingerprint density at radius 1 is 1.30 bits per heavy atom. The molecule has 1 atom stereocenters. The molecule has 5 nitrogen and oxygen atoms in total. The maximum absolute atomic E-state index is 12.0. The molecule has 0 aliphatic rings. The second kappa shape index (κ2) is 6.68. The van der Waals surface area contributed by atoms with Gasteiger partial charge < -0.3 is 5.32 Å². The second-order valence-electron chi connectivity index (χ2n) is 3.97. The molecule has 0 radical (unpaired) electrons. The first-order valence-electron chi connectivity index (χ1n) is 5.94. The molecule has 1 amide bonds. The van der Waals surface area contributed by atoms with Gasteiger partial charge >= 0.3 is 0 Å². The lowest BCUT2D eigenvalue weighted by Gasteiger charge is -2.10. The lowest BCUT2D eigenvalue weighted by atomic mass is 10.2. The summed E-state index contributed by atoms with van der Waals surface area (Å²) in [6, 6.07) is 10.5. The van der Waals surface area contributed by atoms with Crippen molar-refractivity contribution in [2.24, 2.45) is 0 Å². The number of nitrogens with zero attached hydrogens (tertiary/aromatic N) is 3. The van der Waals surface area contributed by atoms with Crippen molar-refractivity contribution in [3.63, 3.8) is 0 Å². The molecule has 1 aromatic carbocycles. The summed E-state index contributed by atoms with van der Waals surface area (Å²) in [6.45, 7) is 1.79. The number of aromatic nitrogens is 2. The summed E-state index contributed by atoms with van der Waals surface area (Å²) in [5.41, 5.74) is 1.22. The summed E-state index contributed by atoms with van der Waals surface area (Å²) in [7, 11) is 0. The Hall–Kier alpha value is -2.39. The van der Waals surface area contributed by atoms with Crippen molar-refractivity contribution >= 4 is 23.4 Å². The summed E-state index contributed by atoms with van der Waals surface area (Å²) < 4.78 is 0. The molecular weight excluding hydrogens is 272 g/mol. The average molecular weight is 284 g/mol. The smallest absolute Gasteiger partial charge is 0.237 e. The molecule has 1 N–H and O–H groups in total. The topological polar surface area (TPSA) is 78.7 Å². The lowest BCUT2D eigenvalue weighted by Crippen LogP contribution is -2.22. The molecule has 1 heterocycles. The van der Waals surface area contributed by atoms with Crippen LogP contribution in [0.1, 0.15) is 12.5 Å². The van der Waals surface area contributed by atoms with Crippen molar-refractivity contribution in [2.45, 2.75) is 17.3 Å². The average Bonchev–Trinajstić information content (AvgIpc) is 2.49. The zero-order valence-electron chi connectivity index (χ0n) is 10.8. The van der Waals surface area contributed by atoms with Crippen molar-refractivity contribution in [1.82, 2.24) is 9.97 Å². The number of thioether (sulfide) groups is 1. The number of amides is 1. The molecule has 0 spiro atoms. The van der Waals surface area contributed by atoms with E-state index >= 15 is 0 Å². The van der Waals surface area contributed by atoms with E-state index in [1.165, 1.54) is 11.8 Å². The van der Waals surface area contributed by atoms with Crippen molar-refractivity contribution in [3.05, 3.63) is 48.3 Å². The maximum Gasteiger partial charge on any atom is 0.237 e. The third-order valence-electron chi connectivity index (χ3n) is 2.48. The number of benzene rings is 1. The minimum atomic E-state index is -0.312. The van der Waals surface area contributed by atoms with Crippen LogP contribution in [0, 0.1) is 11.3 Å². The zero-order valence-corrected chi connectivity index (χ0v) is 11.6. The van der Waals surface area contributed by atoms with Gasteiger partial charge in [0.1, 0.15) is 0 Å². The minimum Gasteiger partial charge on any atom is -0.325 e. The number of carbonyl (C=O) groups excluding carboxylic acids is 1. The Kier molecular flexibility index (Phi) is 4.69. The number of carbonyl (C=O) groups is 1. The number of anilines is 1. The van der Waals surface area contributed by atoms with E-state index in [1.54, 1.807) is 49.6 Å². The van der Waals surface area contributed by atoms with Crippen LogP contribution in [0.4, 0.5) is 5.69 Å². The Balaban J connectivity index is 1.95. The molecule has 6 heteroatoms. The normalized spacial score (nSPS) is 11.4. The summed E-state index contributed by atoms with van der Waals surface area (Å²) in [4.78, 5) is 20.2. The first kappa shape index (κ1) is 14.0. The van der Waals surface area contributed by atoms with Crippen LogP contribution in [0.25, 0.3) is 0 Å². The fraction of sp³-hybridized carbons (Fsp3) is 0.143. The van der Waals surface area contributed by atoms with Gasteiger partial charge in [-0.25, -0.2) is 9.97 Å². The van der Waals surface area contributed by atoms with E-state index in [0.717, 1.165) is 0 Å². The van der Waals surface area contributed by atoms with E-state index in [0.29, 0.717) is 16.4 Å². The summed E-state index contributed by atoms with van der Waals surface area (Å²) >= 11 is 1.29. The van der Waals surface area contributed by atoms with Gasteiger partial charge in [0.2, 0.25) is 5.91 Å². The molecular formula is C14H12N4OS. The summed E-state index contributed by atoms with van der Waals surface area (Å²) in [5, 5.41) is 11.7. The van der Waals surface area contributed by atoms with Crippen LogP contribution < -0.4 is 5.32 Å². The highest BCUT2D eigenvalue weighted by Gasteiger charge is 2.15. The molecule has 0 aliphatic heterocycles. The first-order valence-corrected chi connectivity index (χ1v) is 6.81. The molecule has 0 saturated heterocycles. The molecule has 1 aromatic heterocycles. The zero-order chi connectivity index (χ0) is 14.4. The Labute approximate surface area is 121 Å². The fourth-order valence-electron chi connectivity index (χ4n) is 1.43. The van der Waals surface area contributed by atoms with Gasteiger partial charge in [0.25, 0.3) is 0 Å². The van der Waals surface area contributed by atoms with E-state index in [9.17, 15) is 4.79 Å². The van der Waals surface area contributed by atoms with E-state index in [4.69, 9.17) is 5.26 Å². The van der Waals surface area contributed by atoms with Gasteiger partial charge in [-0.05, 0) is 37.3 Å². The van der Waals surface area contributed by atoms with E-state index in [2.05, 4.69) is 15.3 Å². The van der Waals surface area contributed by atoms with Gasteiger partial charge in [-0.1, -0.05) is 11.8 Å². The lowest BCUT2D eigenvalue weighted by molar-refractivity contribution is -0.115. The first-order chi connectivity index (χ1) is 9.69. The van der Waals surface area contributed by atoms with Crippen LogP contribution in [-0.2, 0) is 4.79 Å². The maximum atomic E-state index is 12.0. The predicted octanol–water partition coefficient (Wildman–Crippen LogP) is 2.47. The Morgan fingerprint density at radius 3 is 2.55 bits per heavy atom. The predicted molar refractivity (Wildman–Crippen MR) is 77.1 cm³/mol. The number of hydrogen-bond acceptors (Lipinski definition) is 5. The number of nitriles is 1. The quantitative estimate of drug-likeness (QED) is 0.689. The molecule has 20 heavy (non-hydrogen) atoms. The van der Waals surface area contributed by atoms with Gasteiger partial charge in [-0.3, -0.25) is 4.79 Å². The number of nitrogens with one attached hydrogen (secondary N) is 1. The molecule has 0 aliphatic carbocycles. The minimum absolute atomic E-state index is 0.132. The number of hydrogen-bond donors (Lipinski definition) is 1. The SMILES string of the molecule is C[C@@H](Sc1ncccn1)C(=O)Nc1ccc(C#N)cc1. The van der Waals surface area contributed by atoms with Crippen molar-refractivity contribution in [1.29, 1.82) is 5.26 Å². The van der Waals surface area contributed by atoms with E-state index in [-0.39, 0.29) is 11.2 Å². The molecule has 0 unspecified atom stereocenters. The van der Waals surface area contributed by atoms with Crippen molar-refractivity contribution < 1.29 is 4.79 Å². The largest absolute Gasteiger partial charge is 0.325 e. The third kappa shape index (κ3) is 3.80. The molecule has 2 aromatic rings. The molecule has 100 valence electrons. The van der Waals surface area contributed by atoms with Gasteiger partial charge in [0.05, 0.1) is 16.9 Å². The fourth-order valence-corrected chi connectivity index (χ4v) is 2.16. The molecule has 0 fully saturated rings. The van der Waals surface area contributed by atoms with Crippen LogP contribution in [0.15, 0.2) is 47.9 Å². The van der Waals surface area contributed by atoms with Crippen LogP contribution in [0.5, 0.6) is 0 Å². The van der Waals surface area contributed by atoms with Crippen LogP contribution >= 0.6 is 11.8 Å². The highest BCUT2D eigenvalue weighted by molar-refractivity contribution is 8.00. The van der Waals surface area contributed by atoms with Crippen LogP contribution in [0.2, 0.25) is 0 Å². The molecule has 2 rings (SSSR count). The van der Waals surface area contributed by atoms with Gasteiger partial charge in [0.15, 0.2) is 5.16 Å². The second-order valence-corrected chi connectivity index (χ2v) is 5.28. The molecule has 0 bridgehead atoms. The summed E-state index contributed by atoms with van der Waals surface area (Å²) in [6.07, 6.45) is 3.28. The van der Waals surface area contributed by atoms with E-state index in [1.807, 2.05) is 6.07 Å². The van der Waals surface area contributed by atoms with Crippen molar-refractivity contribution in [3.8, 4) is 6.07 Å². The monoisotopic (exact) mass is 284 g/mol. The Morgan fingerprint density at radius 2 is 1.95 bits per heavy atom.